The van der Waals surface area contributed by atoms with Crippen LogP contribution < -0.4 is 0 Å². The molecular weight excluding hydrogens is 411 g/mol. The second-order valence-electron chi connectivity index (χ2n) is 7.26. The van der Waals surface area contributed by atoms with Crippen LogP contribution in [0.1, 0.15) is 18.1 Å². The Hall–Kier alpha value is -1.63. The number of nitrogens with zero attached hydrogens (tertiary/aromatic N) is 2. The molecule has 1 saturated heterocycles. The molecule has 1 fully saturated rings. The molecule has 3 rings (SSSR count). The molecule has 1 N–H and O–H groups in total. The van der Waals surface area contributed by atoms with Crippen molar-refractivity contribution in [3.8, 4) is 0 Å². The Balaban J connectivity index is 0.00000210. The third-order valence-corrected chi connectivity index (χ3v) is 5.10. The molecule has 29 heavy (non-hydrogen) atoms. The summed E-state index contributed by atoms with van der Waals surface area (Å²) in [5.74, 6) is -0.637. The molecule has 0 bridgehead atoms. The van der Waals surface area contributed by atoms with Crippen molar-refractivity contribution in [2.24, 2.45) is 0 Å². The fourth-order valence-electron chi connectivity index (χ4n) is 3.46. The van der Waals surface area contributed by atoms with Crippen LogP contribution in [0.2, 0.25) is 0 Å². The lowest BCUT2D eigenvalue weighted by Gasteiger charge is -2.34. The average Bonchev–Trinajstić information content (AvgIpc) is 2.70. The van der Waals surface area contributed by atoms with Crippen LogP contribution >= 0.6 is 24.8 Å². The first kappa shape index (κ1) is 25.4. The summed E-state index contributed by atoms with van der Waals surface area (Å²) in [7, 11) is 2.11. The second kappa shape index (κ2) is 11.5. The molecule has 1 atom stereocenters. The lowest BCUT2D eigenvalue weighted by Crippen LogP contribution is -2.48. The van der Waals surface area contributed by atoms with Gasteiger partial charge in [0.05, 0.1) is 0 Å². The van der Waals surface area contributed by atoms with Gasteiger partial charge in [0.2, 0.25) is 5.60 Å². The largest absolute Gasteiger partial charge is 0.459 e. The van der Waals surface area contributed by atoms with E-state index in [2.05, 4.69) is 16.8 Å². The highest BCUT2D eigenvalue weighted by Gasteiger charge is 2.42. The fourth-order valence-corrected chi connectivity index (χ4v) is 3.46. The lowest BCUT2D eigenvalue weighted by molar-refractivity contribution is -0.168. The van der Waals surface area contributed by atoms with E-state index in [1.807, 2.05) is 43.3 Å². The highest BCUT2D eigenvalue weighted by Crippen LogP contribution is 2.31. The fraction of sp³-hybridized carbons (Fsp3) is 0.409. The highest BCUT2D eigenvalue weighted by atomic mass is 35.5. The Labute approximate surface area is 185 Å². The zero-order chi connectivity index (χ0) is 19.3. The van der Waals surface area contributed by atoms with Crippen LogP contribution in [0.3, 0.4) is 0 Å². The van der Waals surface area contributed by atoms with E-state index in [-0.39, 0.29) is 30.9 Å². The molecule has 1 aliphatic rings. The van der Waals surface area contributed by atoms with Crippen molar-refractivity contribution in [2.45, 2.75) is 18.6 Å². The number of halogens is 2. The van der Waals surface area contributed by atoms with Gasteiger partial charge in [-0.3, -0.25) is 4.90 Å². The number of hydrogen-bond donors (Lipinski definition) is 1. The van der Waals surface area contributed by atoms with Crippen molar-refractivity contribution in [1.29, 1.82) is 0 Å². The third-order valence-electron chi connectivity index (χ3n) is 5.10. The first-order valence-corrected chi connectivity index (χ1v) is 9.45. The predicted octanol–water partition coefficient (Wildman–Crippen LogP) is 2.95. The molecule has 160 valence electrons. The molecule has 1 heterocycles. The van der Waals surface area contributed by atoms with Crippen LogP contribution in [0.15, 0.2) is 60.7 Å². The molecule has 1 unspecified atom stereocenters. The Morgan fingerprint density at radius 2 is 1.41 bits per heavy atom. The van der Waals surface area contributed by atoms with Crippen LogP contribution in [0.5, 0.6) is 0 Å². The number of likely N-dealkylation sites (N-methyl/N-ethyl adjacent to an activating group) is 1. The minimum atomic E-state index is -1.82. The Morgan fingerprint density at radius 1 is 0.966 bits per heavy atom. The van der Waals surface area contributed by atoms with Gasteiger partial charge < -0.3 is 14.7 Å². The summed E-state index contributed by atoms with van der Waals surface area (Å²) in [6.45, 7) is 6.49. The number of benzene rings is 2. The van der Waals surface area contributed by atoms with Crippen molar-refractivity contribution in [3.05, 3.63) is 71.8 Å². The Bertz CT molecular complexity index is 699. The summed E-state index contributed by atoms with van der Waals surface area (Å²) in [5, 5.41) is 11.4. The minimum absolute atomic E-state index is 0. The molecule has 7 heteroatoms. The van der Waals surface area contributed by atoms with Crippen LogP contribution in [0.25, 0.3) is 0 Å². The van der Waals surface area contributed by atoms with Gasteiger partial charge in [-0.25, -0.2) is 4.79 Å². The summed E-state index contributed by atoms with van der Waals surface area (Å²) < 4.78 is 5.71. The molecule has 0 radical (unpaired) electrons. The zero-order valence-electron chi connectivity index (χ0n) is 16.9. The number of esters is 1. The summed E-state index contributed by atoms with van der Waals surface area (Å²) >= 11 is 0. The molecule has 1 aliphatic heterocycles. The van der Waals surface area contributed by atoms with Crippen LogP contribution in [0, 0.1) is 0 Å². The molecule has 2 aromatic carbocycles. The summed E-state index contributed by atoms with van der Waals surface area (Å²) in [4.78, 5) is 17.7. The molecular formula is C22H30Cl2N2O3. The zero-order valence-corrected chi connectivity index (χ0v) is 18.5. The number of rotatable bonds is 6. The van der Waals surface area contributed by atoms with E-state index in [1.165, 1.54) is 0 Å². The van der Waals surface area contributed by atoms with Crippen molar-refractivity contribution in [1.82, 2.24) is 9.80 Å². The summed E-state index contributed by atoms with van der Waals surface area (Å²) in [6.07, 6.45) is -0.306. The predicted molar refractivity (Wildman–Crippen MR) is 120 cm³/mol. The molecule has 2 aromatic rings. The average molecular weight is 441 g/mol. The van der Waals surface area contributed by atoms with Crippen molar-refractivity contribution < 1.29 is 14.6 Å². The van der Waals surface area contributed by atoms with E-state index in [4.69, 9.17) is 4.74 Å². The smallest absolute Gasteiger partial charge is 0.348 e. The first-order valence-electron chi connectivity index (χ1n) is 9.45. The van der Waals surface area contributed by atoms with Gasteiger partial charge in [-0.15, -0.1) is 24.8 Å². The van der Waals surface area contributed by atoms with Gasteiger partial charge in [0.1, 0.15) is 6.10 Å². The van der Waals surface area contributed by atoms with Gasteiger partial charge >= 0.3 is 5.97 Å². The SMILES string of the molecule is CC(CN1CCN(C)CC1)OC(=O)C(O)(c1ccccc1)c1ccccc1.Cl.Cl. The Kier molecular flexibility index (Phi) is 10.1. The minimum Gasteiger partial charge on any atom is -0.459 e. The van der Waals surface area contributed by atoms with Crippen molar-refractivity contribution in [3.63, 3.8) is 0 Å². The molecule has 0 aromatic heterocycles. The molecule has 0 saturated carbocycles. The molecule has 0 amide bonds. The summed E-state index contributed by atoms with van der Waals surface area (Å²) in [5.41, 5.74) is -0.806. The molecule has 0 spiro atoms. The van der Waals surface area contributed by atoms with Gasteiger partial charge in [-0.2, -0.15) is 0 Å². The number of carbonyl (C=O) groups excluding carboxylic acids is 1. The van der Waals surface area contributed by atoms with Crippen LogP contribution in [-0.2, 0) is 15.1 Å². The van der Waals surface area contributed by atoms with Crippen LogP contribution in [0.4, 0.5) is 0 Å². The Morgan fingerprint density at radius 3 is 1.86 bits per heavy atom. The van der Waals surface area contributed by atoms with Gasteiger partial charge in [0.15, 0.2) is 0 Å². The molecule has 5 nitrogen and oxygen atoms in total. The number of piperazine rings is 1. The number of aliphatic hydroxyl groups is 1. The maximum Gasteiger partial charge on any atom is 0.348 e. The quantitative estimate of drug-likeness (QED) is 0.699. The normalized spacial score (nSPS) is 16.2. The van der Waals surface area contributed by atoms with E-state index >= 15 is 0 Å². The van der Waals surface area contributed by atoms with Gasteiger partial charge in [0.25, 0.3) is 0 Å². The van der Waals surface area contributed by atoms with E-state index in [0.29, 0.717) is 17.7 Å². The first-order chi connectivity index (χ1) is 13.0. The monoisotopic (exact) mass is 440 g/mol. The lowest BCUT2D eigenvalue weighted by atomic mass is 9.86. The molecule has 0 aliphatic carbocycles. The number of hydrogen-bond acceptors (Lipinski definition) is 5. The maximum absolute atomic E-state index is 13.1. The topological polar surface area (TPSA) is 53.0 Å². The van der Waals surface area contributed by atoms with E-state index in [1.54, 1.807) is 24.3 Å². The van der Waals surface area contributed by atoms with Crippen LogP contribution in [-0.4, -0.2) is 66.8 Å². The van der Waals surface area contributed by atoms with E-state index in [0.717, 1.165) is 26.2 Å². The van der Waals surface area contributed by atoms with Gasteiger partial charge in [-0.05, 0) is 25.1 Å². The number of carbonyl (C=O) groups is 1. The van der Waals surface area contributed by atoms with Gasteiger partial charge in [-0.1, -0.05) is 60.7 Å². The summed E-state index contributed by atoms with van der Waals surface area (Å²) in [6, 6.07) is 18.0. The van der Waals surface area contributed by atoms with Gasteiger partial charge in [0, 0.05) is 32.7 Å². The number of ether oxygens (including phenoxy) is 1. The highest BCUT2D eigenvalue weighted by molar-refractivity contribution is 5.86. The third kappa shape index (κ3) is 6.17. The van der Waals surface area contributed by atoms with Crippen molar-refractivity contribution in [2.75, 3.05) is 39.8 Å². The standard InChI is InChI=1S/C22H28N2O3.2ClH/c1-18(17-24-15-13-23(2)14-16-24)27-21(25)22(26,19-9-5-3-6-10-19)20-11-7-4-8-12-20;;/h3-12,18,26H,13-17H2,1-2H3;2*1H. The maximum atomic E-state index is 13.1. The second-order valence-corrected chi connectivity index (χ2v) is 7.26. The van der Waals surface area contributed by atoms with E-state index in [9.17, 15) is 9.90 Å². The van der Waals surface area contributed by atoms with E-state index < -0.39 is 11.6 Å². The van der Waals surface area contributed by atoms with Crippen molar-refractivity contribution >= 4 is 30.8 Å².